The van der Waals surface area contributed by atoms with E-state index < -0.39 is 0 Å². The molecule has 1 atom stereocenters. The first kappa shape index (κ1) is 16.4. The van der Waals surface area contributed by atoms with E-state index in [1.807, 2.05) is 13.8 Å². The molecule has 0 radical (unpaired) electrons. The van der Waals surface area contributed by atoms with Crippen molar-refractivity contribution in [2.24, 2.45) is 0 Å². The van der Waals surface area contributed by atoms with Crippen LogP contribution in [0.15, 0.2) is 0 Å². The zero-order valence-corrected chi connectivity index (χ0v) is 12.8. The fourth-order valence-electron chi connectivity index (χ4n) is 2.43. The van der Waals surface area contributed by atoms with Gasteiger partial charge in [-0.25, -0.2) is 0 Å². The van der Waals surface area contributed by atoms with Gasteiger partial charge in [-0.05, 0) is 27.3 Å². The SMILES string of the molecule is CCNC(CN1CCN(C(C)C)CC1)C(=O)OCC. The van der Waals surface area contributed by atoms with E-state index in [4.69, 9.17) is 4.74 Å². The molecule has 0 saturated carbocycles. The summed E-state index contributed by atoms with van der Waals surface area (Å²) in [6.45, 7) is 14.5. The molecule has 0 aromatic carbocycles. The van der Waals surface area contributed by atoms with Crippen molar-refractivity contribution < 1.29 is 9.53 Å². The molecule has 0 aromatic rings. The van der Waals surface area contributed by atoms with Gasteiger partial charge in [0, 0.05) is 38.8 Å². The lowest BCUT2D eigenvalue weighted by molar-refractivity contribution is -0.146. The standard InChI is InChI=1S/C14H29N3O2/c1-5-15-13(14(18)19-6-2)11-16-7-9-17(10-8-16)12(3)4/h12-13,15H,5-11H2,1-4H3. The van der Waals surface area contributed by atoms with Crippen LogP contribution in [0.5, 0.6) is 0 Å². The summed E-state index contributed by atoms with van der Waals surface area (Å²) < 4.78 is 5.12. The summed E-state index contributed by atoms with van der Waals surface area (Å²) in [6, 6.07) is 0.410. The highest BCUT2D eigenvalue weighted by atomic mass is 16.5. The maximum atomic E-state index is 11.9. The highest BCUT2D eigenvalue weighted by molar-refractivity contribution is 5.76. The van der Waals surface area contributed by atoms with Crippen LogP contribution >= 0.6 is 0 Å². The molecular formula is C14H29N3O2. The van der Waals surface area contributed by atoms with E-state index in [1.165, 1.54) is 0 Å². The van der Waals surface area contributed by atoms with E-state index in [0.29, 0.717) is 12.6 Å². The predicted octanol–water partition coefficient (Wildman–Crippen LogP) is 0.554. The quantitative estimate of drug-likeness (QED) is 0.685. The molecule has 1 unspecified atom stereocenters. The van der Waals surface area contributed by atoms with Crippen LogP contribution in [-0.4, -0.2) is 73.7 Å². The van der Waals surface area contributed by atoms with Crippen LogP contribution in [0.3, 0.4) is 0 Å². The number of nitrogens with one attached hydrogen (secondary N) is 1. The summed E-state index contributed by atoms with van der Waals surface area (Å²) >= 11 is 0. The van der Waals surface area contributed by atoms with Crippen molar-refractivity contribution in [1.82, 2.24) is 15.1 Å². The van der Waals surface area contributed by atoms with E-state index in [2.05, 4.69) is 29.0 Å². The van der Waals surface area contributed by atoms with Crippen LogP contribution in [0.2, 0.25) is 0 Å². The number of ether oxygens (including phenoxy) is 1. The van der Waals surface area contributed by atoms with Crippen molar-refractivity contribution in [3.05, 3.63) is 0 Å². The molecule has 0 aromatic heterocycles. The van der Waals surface area contributed by atoms with Crippen molar-refractivity contribution in [3.63, 3.8) is 0 Å². The van der Waals surface area contributed by atoms with Gasteiger partial charge in [0.2, 0.25) is 0 Å². The Morgan fingerprint density at radius 3 is 2.32 bits per heavy atom. The van der Waals surface area contributed by atoms with E-state index >= 15 is 0 Å². The first-order valence-corrected chi connectivity index (χ1v) is 7.44. The molecule has 112 valence electrons. The van der Waals surface area contributed by atoms with Gasteiger partial charge < -0.3 is 10.1 Å². The summed E-state index contributed by atoms with van der Waals surface area (Å²) in [5.41, 5.74) is 0. The fraction of sp³-hybridized carbons (Fsp3) is 0.929. The van der Waals surface area contributed by atoms with Crippen LogP contribution < -0.4 is 5.32 Å². The lowest BCUT2D eigenvalue weighted by atomic mass is 10.2. The Hall–Kier alpha value is -0.650. The number of carbonyl (C=O) groups excluding carboxylic acids is 1. The molecule has 1 saturated heterocycles. The molecule has 1 heterocycles. The Morgan fingerprint density at radius 1 is 1.21 bits per heavy atom. The third-order valence-corrected chi connectivity index (χ3v) is 3.60. The summed E-state index contributed by atoms with van der Waals surface area (Å²) in [7, 11) is 0. The summed E-state index contributed by atoms with van der Waals surface area (Å²) in [5, 5.41) is 3.22. The highest BCUT2D eigenvalue weighted by Gasteiger charge is 2.25. The largest absolute Gasteiger partial charge is 0.465 e. The van der Waals surface area contributed by atoms with Gasteiger partial charge in [0.05, 0.1) is 6.61 Å². The maximum absolute atomic E-state index is 11.9. The van der Waals surface area contributed by atoms with Gasteiger partial charge in [-0.3, -0.25) is 14.6 Å². The van der Waals surface area contributed by atoms with Gasteiger partial charge in [0.15, 0.2) is 0 Å². The minimum absolute atomic E-state index is 0.129. The van der Waals surface area contributed by atoms with Gasteiger partial charge in [0.1, 0.15) is 6.04 Å². The molecule has 5 nitrogen and oxygen atoms in total. The number of likely N-dealkylation sites (N-methyl/N-ethyl adjacent to an activating group) is 1. The predicted molar refractivity (Wildman–Crippen MR) is 77.2 cm³/mol. The monoisotopic (exact) mass is 271 g/mol. The van der Waals surface area contributed by atoms with Gasteiger partial charge in [-0.2, -0.15) is 0 Å². The second-order valence-corrected chi connectivity index (χ2v) is 5.29. The molecule has 1 rings (SSSR count). The van der Waals surface area contributed by atoms with Gasteiger partial charge >= 0.3 is 5.97 Å². The molecule has 1 N–H and O–H groups in total. The van der Waals surface area contributed by atoms with Crippen LogP contribution in [0.4, 0.5) is 0 Å². The van der Waals surface area contributed by atoms with Crippen molar-refractivity contribution in [2.45, 2.75) is 39.8 Å². The Morgan fingerprint density at radius 2 is 1.84 bits per heavy atom. The normalized spacial score (nSPS) is 19.6. The molecule has 1 aliphatic heterocycles. The lowest BCUT2D eigenvalue weighted by Crippen LogP contribution is -2.54. The Balaban J connectivity index is 2.41. The second-order valence-electron chi connectivity index (χ2n) is 5.29. The molecule has 0 spiro atoms. The molecule has 0 bridgehead atoms. The maximum Gasteiger partial charge on any atom is 0.324 e. The van der Waals surface area contributed by atoms with Gasteiger partial charge in [-0.15, -0.1) is 0 Å². The summed E-state index contributed by atoms with van der Waals surface area (Å²) in [4.78, 5) is 16.7. The number of hydrogen-bond acceptors (Lipinski definition) is 5. The van der Waals surface area contributed by atoms with Crippen molar-refractivity contribution in [3.8, 4) is 0 Å². The van der Waals surface area contributed by atoms with Gasteiger partial charge in [-0.1, -0.05) is 6.92 Å². The van der Waals surface area contributed by atoms with E-state index in [1.54, 1.807) is 0 Å². The molecule has 0 aliphatic carbocycles. The van der Waals surface area contributed by atoms with Gasteiger partial charge in [0.25, 0.3) is 0 Å². The van der Waals surface area contributed by atoms with Crippen molar-refractivity contribution in [2.75, 3.05) is 45.9 Å². The zero-order valence-electron chi connectivity index (χ0n) is 12.8. The molecule has 1 fully saturated rings. The third kappa shape index (κ3) is 5.47. The number of carbonyl (C=O) groups is 1. The Bertz CT molecular complexity index is 263. The van der Waals surface area contributed by atoms with Crippen LogP contribution in [-0.2, 0) is 9.53 Å². The number of hydrogen-bond donors (Lipinski definition) is 1. The lowest BCUT2D eigenvalue weighted by Gasteiger charge is -2.38. The average molecular weight is 271 g/mol. The van der Waals surface area contributed by atoms with E-state index in [9.17, 15) is 4.79 Å². The Labute approximate surface area is 117 Å². The summed E-state index contributed by atoms with van der Waals surface area (Å²) in [6.07, 6.45) is 0. The molecular weight excluding hydrogens is 242 g/mol. The highest BCUT2D eigenvalue weighted by Crippen LogP contribution is 2.06. The van der Waals surface area contributed by atoms with Crippen LogP contribution in [0.1, 0.15) is 27.7 Å². The first-order valence-electron chi connectivity index (χ1n) is 7.44. The number of nitrogens with zero attached hydrogens (tertiary/aromatic N) is 2. The number of esters is 1. The smallest absolute Gasteiger partial charge is 0.324 e. The number of rotatable bonds is 7. The van der Waals surface area contributed by atoms with E-state index in [0.717, 1.165) is 39.3 Å². The topological polar surface area (TPSA) is 44.8 Å². The summed E-state index contributed by atoms with van der Waals surface area (Å²) in [5.74, 6) is -0.129. The fourth-order valence-corrected chi connectivity index (χ4v) is 2.43. The van der Waals surface area contributed by atoms with Crippen LogP contribution in [0.25, 0.3) is 0 Å². The molecule has 0 amide bonds. The molecule has 5 heteroatoms. The minimum Gasteiger partial charge on any atom is -0.465 e. The van der Waals surface area contributed by atoms with Crippen LogP contribution in [0, 0.1) is 0 Å². The Kier molecular flexibility index (Phi) is 7.34. The van der Waals surface area contributed by atoms with Crippen molar-refractivity contribution >= 4 is 5.97 Å². The van der Waals surface area contributed by atoms with E-state index in [-0.39, 0.29) is 12.0 Å². The zero-order chi connectivity index (χ0) is 14.3. The van der Waals surface area contributed by atoms with Crippen molar-refractivity contribution in [1.29, 1.82) is 0 Å². The molecule has 1 aliphatic rings. The third-order valence-electron chi connectivity index (χ3n) is 3.60. The molecule has 19 heavy (non-hydrogen) atoms. The first-order chi connectivity index (χ1) is 9.08. The number of piperazine rings is 1. The second kappa shape index (κ2) is 8.51. The average Bonchev–Trinajstić information content (AvgIpc) is 2.39. The minimum atomic E-state index is -0.199.